The molecular weight excluding hydrogens is 222 g/mol. The largest absolute Gasteiger partial charge is 0.393 e. The molecular formula is C16H19NO. The smallest absolute Gasteiger partial charge is 0.0583 e. The third kappa shape index (κ3) is 3.67. The van der Waals surface area contributed by atoms with E-state index in [1.54, 1.807) is 6.20 Å². The van der Waals surface area contributed by atoms with Crippen molar-refractivity contribution in [2.75, 3.05) is 0 Å². The van der Waals surface area contributed by atoms with E-state index in [9.17, 15) is 5.11 Å². The first-order valence-corrected chi connectivity index (χ1v) is 6.37. The van der Waals surface area contributed by atoms with Crippen molar-refractivity contribution in [2.24, 2.45) is 0 Å². The number of aryl methyl sites for hydroxylation is 2. The molecule has 1 unspecified atom stereocenters. The lowest BCUT2D eigenvalue weighted by Gasteiger charge is -2.12. The van der Waals surface area contributed by atoms with E-state index < -0.39 is 0 Å². The number of aliphatic hydroxyl groups is 1. The summed E-state index contributed by atoms with van der Waals surface area (Å²) in [6, 6.07) is 12.2. The van der Waals surface area contributed by atoms with Crippen LogP contribution in [0.2, 0.25) is 0 Å². The van der Waals surface area contributed by atoms with Crippen LogP contribution in [0.3, 0.4) is 0 Å². The van der Waals surface area contributed by atoms with Gasteiger partial charge in [-0.3, -0.25) is 4.98 Å². The highest BCUT2D eigenvalue weighted by molar-refractivity contribution is 5.26. The zero-order chi connectivity index (χ0) is 12.8. The summed E-state index contributed by atoms with van der Waals surface area (Å²) in [6.07, 6.45) is 5.73. The molecule has 1 aromatic carbocycles. The molecule has 0 aliphatic rings. The first-order chi connectivity index (χ1) is 8.75. The van der Waals surface area contributed by atoms with Crippen LogP contribution in [0.1, 0.15) is 23.1 Å². The Kier molecular flexibility index (Phi) is 4.48. The minimum atomic E-state index is -0.286. The fraction of sp³-hybridized carbons (Fsp3) is 0.312. The molecule has 1 N–H and O–H groups in total. The fourth-order valence-corrected chi connectivity index (χ4v) is 2.07. The van der Waals surface area contributed by atoms with Crippen LogP contribution in [0.5, 0.6) is 0 Å². The average Bonchev–Trinajstić information content (AvgIpc) is 2.40. The van der Waals surface area contributed by atoms with Crippen molar-refractivity contribution in [3.63, 3.8) is 0 Å². The SMILES string of the molecule is Cc1ccccc1CC(O)CCc1cccnc1. The Hall–Kier alpha value is -1.67. The molecule has 0 spiro atoms. The van der Waals surface area contributed by atoms with E-state index in [4.69, 9.17) is 0 Å². The van der Waals surface area contributed by atoms with Gasteiger partial charge in [-0.05, 0) is 48.9 Å². The third-order valence-electron chi connectivity index (χ3n) is 3.21. The van der Waals surface area contributed by atoms with E-state index in [2.05, 4.69) is 24.0 Å². The summed E-state index contributed by atoms with van der Waals surface area (Å²) in [6.45, 7) is 2.09. The Morgan fingerprint density at radius 1 is 1.17 bits per heavy atom. The van der Waals surface area contributed by atoms with Crippen molar-refractivity contribution in [3.05, 3.63) is 65.5 Å². The van der Waals surface area contributed by atoms with Crippen LogP contribution in [0.15, 0.2) is 48.8 Å². The first-order valence-electron chi connectivity index (χ1n) is 6.37. The summed E-state index contributed by atoms with van der Waals surface area (Å²) in [5.74, 6) is 0. The topological polar surface area (TPSA) is 33.1 Å². The van der Waals surface area contributed by atoms with Crippen LogP contribution in [0.25, 0.3) is 0 Å². The van der Waals surface area contributed by atoms with Gasteiger partial charge in [-0.15, -0.1) is 0 Å². The van der Waals surface area contributed by atoms with Gasteiger partial charge in [0.15, 0.2) is 0 Å². The van der Waals surface area contributed by atoms with Gasteiger partial charge in [0.1, 0.15) is 0 Å². The number of benzene rings is 1. The molecule has 2 heteroatoms. The number of nitrogens with zero attached hydrogens (tertiary/aromatic N) is 1. The number of hydrogen-bond acceptors (Lipinski definition) is 2. The number of aromatic nitrogens is 1. The van der Waals surface area contributed by atoms with Gasteiger partial charge in [0.05, 0.1) is 6.10 Å². The van der Waals surface area contributed by atoms with E-state index >= 15 is 0 Å². The predicted molar refractivity (Wildman–Crippen MR) is 73.4 cm³/mol. The van der Waals surface area contributed by atoms with Crippen molar-refractivity contribution < 1.29 is 5.11 Å². The lowest BCUT2D eigenvalue weighted by atomic mass is 9.99. The maximum Gasteiger partial charge on any atom is 0.0583 e. The average molecular weight is 241 g/mol. The zero-order valence-electron chi connectivity index (χ0n) is 10.7. The molecule has 0 fully saturated rings. The molecule has 2 rings (SSSR count). The van der Waals surface area contributed by atoms with Crippen LogP contribution < -0.4 is 0 Å². The molecule has 0 saturated heterocycles. The quantitative estimate of drug-likeness (QED) is 0.873. The molecule has 1 atom stereocenters. The van der Waals surface area contributed by atoms with Crippen LogP contribution in [0.4, 0.5) is 0 Å². The molecule has 0 saturated carbocycles. The van der Waals surface area contributed by atoms with E-state index in [-0.39, 0.29) is 6.10 Å². The molecule has 0 amide bonds. The molecule has 0 aliphatic heterocycles. The molecule has 2 nitrogen and oxygen atoms in total. The second-order valence-corrected chi connectivity index (χ2v) is 4.68. The van der Waals surface area contributed by atoms with Crippen LogP contribution in [-0.2, 0) is 12.8 Å². The van der Waals surface area contributed by atoms with Gasteiger partial charge in [-0.1, -0.05) is 30.3 Å². The Morgan fingerprint density at radius 3 is 2.72 bits per heavy atom. The highest BCUT2D eigenvalue weighted by Crippen LogP contribution is 2.12. The third-order valence-corrected chi connectivity index (χ3v) is 3.21. The Labute approximate surface area is 108 Å². The lowest BCUT2D eigenvalue weighted by Crippen LogP contribution is -2.12. The van der Waals surface area contributed by atoms with Crippen LogP contribution in [0, 0.1) is 6.92 Å². The second-order valence-electron chi connectivity index (χ2n) is 4.68. The summed E-state index contributed by atoms with van der Waals surface area (Å²) < 4.78 is 0. The van der Waals surface area contributed by atoms with E-state index in [1.165, 1.54) is 16.7 Å². The summed E-state index contributed by atoms with van der Waals surface area (Å²) in [5, 5.41) is 10.1. The molecule has 0 aliphatic carbocycles. The predicted octanol–water partition coefficient (Wildman–Crippen LogP) is 2.93. The van der Waals surface area contributed by atoms with Crippen molar-refractivity contribution in [3.8, 4) is 0 Å². The Balaban J connectivity index is 1.86. The van der Waals surface area contributed by atoms with Gasteiger partial charge in [0.2, 0.25) is 0 Å². The van der Waals surface area contributed by atoms with E-state index in [0.29, 0.717) is 0 Å². The van der Waals surface area contributed by atoms with Gasteiger partial charge in [0.25, 0.3) is 0 Å². The van der Waals surface area contributed by atoms with Crippen LogP contribution >= 0.6 is 0 Å². The zero-order valence-corrected chi connectivity index (χ0v) is 10.7. The lowest BCUT2D eigenvalue weighted by molar-refractivity contribution is 0.165. The number of rotatable bonds is 5. The second kappa shape index (κ2) is 6.31. The van der Waals surface area contributed by atoms with Crippen molar-refractivity contribution >= 4 is 0 Å². The molecule has 1 aromatic heterocycles. The minimum absolute atomic E-state index is 0.286. The highest BCUT2D eigenvalue weighted by atomic mass is 16.3. The van der Waals surface area contributed by atoms with Gasteiger partial charge >= 0.3 is 0 Å². The van der Waals surface area contributed by atoms with Crippen molar-refractivity contribution in [1.29, 1.82) is 0 Å². The maximum absolute atomic E-state index is 10.1. The number of pyridine rings is 1. The monoisotopic (exact) mass is 241 g/mol. The van der Waals surface area contributed by atoms with Gasteiger partial charge in [0, 0.05) is 12.4 Å². The standard InChI is InChI=1S/C16H19NO/c1-13-5-2-3-7-15(13)11-16(18)9-8-14-6-4-10-17-12-14/h2-7,10,12,16,18H,8-9,11H2,1H3. The highest BCUT2D eigenvalue weighted by Gasteiger charge is 2.07. The Bertz CT molecular complexity index is 481. The van der Waals surface area contributed by atoms with Crippen molar-refractivity contribution in [1.82, 2.24) is 4.98 Å². The van der Waals surface area contributed by atoms with E-state index in [1.807, 2.05) is 30.5 Å². The number of aliphatic hydroxyl groups excluding tert-OH is 1. The molecule has 0 radical (unpaired) electrons. The first kappa shape index (κ1) is 12.8. The van der Waals surface area contributed by atoms with Gasteiger partial charge < -0.3 is 5.11 Å². The van der Waals surface area contributed by atoms with Crippen molar-refractivity contribution in [2.45, 2.75) is 32.3 Å². The molecule has 94 valence electrons. The van der Waals surface area contributed by atoms with Crippen LogP contribution in [-0.4, -0.2) is 16.2 Å². The summed E-state index contributed by atoms with van der Waals surface area (Å²) in [5.41, 5.74) is 3.66. The Morgan fingerprint density at radius 2 is 2.00 bits per heavy atom. The minimum Gasteiger partial charge on any atom is -0.393 e. The molecule has 2 aromatic rings. The molecule has 0 bridgehead atoms. The fourth-order valence-electron chi connectivity index (χ4n) is 2.07. The molecule has 1 heterocycles. The summed E-state index contributed by atoms with van der Waals surface area (Å²) in [4.78, 5) is 4.08. The summed E-state index contributed by atoms with van der Waals surface area (Å²) in [7, 11) is 0. The maximum atomic E-state index is 10.1. The normalized spacial score (nSPS) is 12.3. The van der Waals surface area contributed by atoms with Gasteiger partial charge in [-0.2, -0.15) is 0 Å². The summed E-state index contributed by atoms with van der Waals surface area (Å²) >= 11 is 0. The molecule has 18 heavy (non-hydrogen) atoms. The number of hydrogen-bond donors (Lipinski definition) is 1. The van der Waals surface area contributed by atoms with Gasteiger partial charge in [-0.25, -0.2) is 0 Å². The van der Waals surface area contributed by atoms with E-state index in [0.717, 1.165) is 19.3 Å².